The van der Waals surface area contributed by atoms with Crippen LogP contribution < -0.4 is 14.8 Å². The molecule has 1 amide bonds. The van der Waals surface area contributed by atoms with Crippen LogP contribution in [-0.2, 0) is 12.0 Å². The van der Waals surface area contributed by atoms with E-state index in [0.717, 1.165) is 16.9 Å². The molecule has 0 saturated heterocycles. The summed E-state index contributed by atoms with van der Waals surface area (Å²) in [6.45, 7) is 6.80. The first-order valence-electron chi connectivity index (χ1n) is 7.98. The molecule has 0 unspecified atom stereocenters. The van der Waals surface area contributed by atoms with Crippen LogP contribution >= 0.6 is 0 Å². The number of carbonyl (C=O) groups is 1. The molecule has 0 radical (unpaired) electrons. The average molecular weight is 327 g/mol. The number of hydrogen-bond donors (Lipinski definition) is 1. The maximum Gasteiger partial charge on any atom is 0.251 e. The number of hydrogen-bond acceptors (Lipinski definition) is 3. The van der Waals surface area contributed by atoms with Gasteiger partial charge in [-0.1, -0.05) is 39.0 Å². The highest BCUT2D eigenvalue weighted by Gasteiger charge is 2.19. The third-order valence-corrected chi connectivity index (χ3v) is 3.85. The highest BCUT2D eigenvalue weighted by Crippen LogP contribution is 2.32. The molecule has 0 aliphatic rings. The maximum absolute atomic E-state index is 11.8. The minimum absolute atomic E-state index is 0.00930. The minimum Gasteiger partial charge on any atom is -0.496 e. The molecule has 4 nitrogen and oxygen atoms in total. The van der Waals surface area contributed by atoms with Crippen molar-refractivity contribution in [2.45, 2.75) is 32.8 Å². The Morgan fingerprint density at radius 3 is 2.42 bits per heavy atom. The third kappa shape index (κ3) is 4.07. The van der Waals surface area contributed by atoms with Gasteiger partial charge in [0.2, 0.25) is 0 Å². The van der Waals surface area contributed by atoms with E-state index in [9.17, 15) is 4.79 Å². The van der Waals surface area contributed by atoms with E-state index in [2.05, 4.69) is 32.2 Å². The van der Waals surface area contributed by atoms with Gasteiger partial charge < -0.3 is 14.8 Å². The SMILES string of the molecule is CNC(=O)c1ccc(OC)c(COc2ccccc2C(C)(C)C)c1. The molecule has 1 N–H and O–H groups in total. The van der Waals surface area contributed by atoms with Crippen LogP contribution in [0.25, 0.3) is 0 Å². The van der Waals surface area contributed by atoms with E-state index in [1.807, 2.05) is 18.2 Å². The lowest BCUT2D eigenvalue weighted by Gasteiger charge is -2.23. The maximum atomic E-state index is 11.8. The lowest BCUT2D eigenvalue weighted by atomic mass is 9.86. The molecular formula is C20H25NO3. The number of carbonyl (C=O) groups excluding carboxylic acids is 1. The first kappa shape index (κ1) is 17.9. The number of benzene rings is 2. The van der Waals surface area contributed by atoms with Gasteiger partial charge in [-0.2, -0.15) is 0 Å². The van der Waals surface area contributed by atoms with Gasteiger partial charge in [0.05, 0.1) is 7.11 Å². The fourth-order valence-electron chi connectivity index (χ4n) is 2.54. The summed E-state index contributed by atoms with van der Waals surface area (Å²) in [7, 11) is 3.23. The van der Waals surface area contributed by atoms with Crippen LogP contribution in [0, 0.1) is 0 Å². The van der Waals surface area contributed by atoms with Gasteiger partial charge in [-0.15, -0.1) is 0 Å². The Bertz CT molecular complexity index is 717. The van der Waals surface area contributed by atoms with E-state index in [4.69, 9.17) is 9.47 Å². The summed E-state index contributed by atoms with van der Waals surface area (Å²) < 4.78 is 11.4. The van der Waals surface area contributed by atoms with Crippen molar-refractivity contribution < 1.29 is 14.3 Å². The Morgan fingerprint density at radius 1 is 1.08 bits per heavy atom. The third-order valence-electron chi connectivity index (χ3n) is 3.85. The molecule has 2 rings (SSSR count). The Balaban J connectivity index is 2.28. The Kier molecular flexibility index (Phi) is 5.50. The Morgan fingerprint density at radius 2 is 1.79 bits per heavy atom. The van der Waals surface area contributed by atoms with Crippen LogP contribution in [-0.4, -0.2) is 20.1 Å². The number of nitrogens with one attached hydrogen (secondary N) is 1. The van der Waals surface area contributed by atoms with Crippen molar-refractivity contribution in [2.75, 3.05) is 14.2 Å². The number of para-hydroxylation sites is 1. The molecule has 0 heterocycles. The molecule has 2 aromatic carbocycles. The summed E-state index contributed by atoms with van der Waals surface area (Å²) in [5, 5.41) is 2.63. The van der Waals surface area contributed by atoms with Gasteiger partial charge in [0.15, 0.2) is 0 Å². The summed E-state index contributed by atoms with van der Waals surface area (Å²) in [5.41, 5.74) is 2.56. The van der Waals surface area contributed by atoms with Gasteiger partial charge in [0.1, 0.15) is 18.1 Å². The normalized spacial score (nSPS) is 11.0. The summed E-state index contributed by atoms with van der Waals surface area (Å²) in [6.07, 6.45) is 0. The Labute approximate surface area is 143 Å². The van der Waals surface area contributed by atoms with E-state index in [1.54, 1.807) is 32.4 Å². The van der Waals surface area contributed by atoms with Crippen molar-refractivity contribution in [3.8, 4) is 11.5 Å². The predicted molar refractivity (Wildman–Crippen MR) is 95.9 cm³/mol. The van der Waals surface area contributed by atoms with Gasteiger partial charge >= 0.3 is 0 Å². The smallest absolute Gasteiger partial charge is 0.251 e. The molecule has 0 saturated carbocycles. The predicted octanol–water partition coefficient (Wildman–Crippen LogP) is 3.93. The van der Waals surface area contributed by atoms with E-state index in [-0.39, 0.29) is 11.3 Å². The van der Waals surface area contributed by atoms with E-state index >= 15 is 0 Å². The number of methoxy groups -OCH3 is 1. The summed E-state index contributed by atoms with van der Waals surface area (Å²) in [5.74, 6) is 1.42. The van der Waals surface area contributed by atoms with Crippen molar-refractivity contribution in [1.82, 2.24) is 5.32 Å². The van der Waals surface area contributed by atoms with Crippen LogP contribution in [0.1, 0.15) is 42.3 Å². The molecule has 0 aliphatic carbocycles. The molecule has 0 aromatic heterocycles. The zero-order valence-electron chi connectivity index (χ0n) is 15.0. The monoisotopic (exact) mass is 327 g/mol. The topological polar surface area (TPSA) is 47.6 Å². The van der Waals surface area contributed by atoms with Crippen molar-refractivity contribution in [2.24, 2.45) is 0 Å². The van der Waals surface area contributed by atoms with Crippen molar-refractivity contribution >= 4 is 5.91 Å². The van der Waals surface area contributed by atoms with Crippen LogP contribution in [0.3, 0.4) is 0 Å². The van der Waals surface area contributed by atoms with Gasteiger partial charge in [0.25, 0.3) is 5.91 Å². The second-order valence-corrected chi connectivity index (χ2v) is 6.64. The van der Waals surface area contributed by atoms with E-state index in [0.29, 0.717) is 17.9 Å². The first-order chi connectivity index (χ1) is 11.4. The van der Waals surface area contributed by atoms with Gasteiger partial charge in [-0.05, 0) is 35.2 Å². The quantitative estimate of drug-likeness (QED) is 0.905. The highest BCUT2D eigenvalue weighted by atomic mass is 16.5. The number of amides is 1. The lowest BCUT2D eigenvalue weighted by molar-refractivity contribution is 0.0963. The minimum atomic E-state index is -0.131. The summed E-state index contributed by atoms with van der Waals surface area (Å²) in [6, 6.07) is 13.4. The zero-order chi connectivity index (χ0) is 17.7. The average Bonchev–Trinajstić information content (AvgIpc) is 2.58. The molecule has 0 bridgehead atoms. The van der Waals surface area contributed by atoms with E-state index in [1.165, 1.54) is 0 Å². The zero-order valence-corrected chi connectivity index (χ0v) is 15.0. The fraction of sp³-hybridized carbons (Fsp3) is 0.350. The Hall–Kier alpha value is -2.49. The number of rotatable bonds is 5. The van der Waals surface area contributed by atoms with Crippen LogP contribution in [0.2, 0.25) is 0 Å². The standard InChI is InChI=1S/C20H25NO3/c1-20(2,3)16-8-6-7-9-18(16)24-13-15-12-14(19(22)21-4)10-11-17(15)23-5/h6-12H,13H2,1-5H3,(H,21,22). The molecule has 0 spiro atoms. The van der Waals surface area contributed by atoms with Crippen molar-refractivity contribution in [1.29, 1.82) is 0 Å². The molecule has 2 aromatic rings. The fourth-order valence-corrected chi connectivity index (χ4v) is 2.54. The molecule has 128 valence electrons. The largest absolute Gasteiger partial charge is 0.496 e. The number of ether oxygens (including phenoxy) is 2. The summed E-state index contributed by atoms with van der Waals surface area (Å²) >= 11 is 0. The molecular weight excluding hydrogens is 302 g/mol. The van der Waals surface area contributed by atoms with Gasteiger partial charge in [-0.3, -0.25) is 4.79 Å². The van der Waals surface area contributed by atoms with Gasteiger partial charge in [0, 0.05) is 18.2 Å². The highest BCUT2D eigenvalue weighted by molar-refractivity contribution is 5.94. The van der Waals surface area contributed by atoms with Crippen LogP contribution in [0.4, 0.5) is 0 Å². The van der Waals surface area contributed by atoms with Crippen molar-refractivity contribution in [3.63, 3.8) is 0 Å². The van der Waals surface area contributed by atoms with Crippen LogP contribution in [0.15, 0.2) is 42.5 Å². The van der Waals surface area contributed by atoms with E-state index < -0.39 is 0 Å². The molecule has 0 aliphatic heterocycles. The molecule has 24 heavy (non-hydrogen) atoms. The molecule has 0 fully saturated rings. The lowest BCUT2D eigenvalue weighted by Crippen LogP contribution is -2.18. The second kappa shape index (κ2) is 7.39. The molecule has 4 heteroatoms. The molecule has 0 atom stereocenters. The van der Waals surface area contributed by atoms with Gasteiger partial charge in [-0.25, -0.2) is 0 Å². The van der Waals surface area contributed by atoms with Crippen molar-refractivity contribution in [3.05, 3.63) is 59.2 Å². The second-order valence-electron chi connectivity index (χ2n) is 6.64. The van der Waals surface area contributed by atoms with Crippen LogP contribution in [0.5, 0.6) is 11.5 Å². The summed E-state index contributed by atoms with van der Waals surface area (Å²) in [4.78, 5) is 11.8. The first-order valence-corrected chi connectivity index (χ1v) is 7.98.